The molecule has 0 aliphatic carbocycles. The van der Waals surface area contributed by atoms with E-state index >= 15 is 0 Å². The van der Waals surface area contributed by atoms with Crippen LogP contribution in [0.15, 0.2) is 35.9 Å². The fourth-order valence-electron chi connectivity index (χ4n) is 2.93. The number of amides is 1. The molecule has 22 heavy (non-hydrogen) atoms. The lowest BCUT2D eigenvalue weighted by Crippen LogP contribution is -2.30. The Kier molecular flexibility index (Phi) is 5.61. The lowest BCUT2D eigenvalue weighted by Gasteiger charge is -2.24. The first-order valence-electron chi connectivity index (χ1n) is 7.91. The maximum absolute atomic E-state index is 12.6. The maximum atomic E-state index is 12.6. The van der Waals surface area contributed by atoms with Crippen molar-refractivity contribution in [1.29, 1.82) is 0 Å². The number of likely N-dealkylation sites (tertiary alicyclic amines) is 1. The number of allylic oxidation sites excluding steroid dienone is 1. The van der Waals surface area contributed by atoms with Gasteiger partial charge in [-0.3, -0.25) is 4.79 Å². The van der Waals surface area contributed by atoms with Gasteiger partial charge in [-0.25, -0.2) is 0 Å². The second-order valence-electron chi connectivity index (χ2n) is 5.68. The molecule has 1 aromatic rings. The average molecular weight is 303 g/mol. The number of β-amino-alcohol motifs (C(OH)–C–C–N with tert-alkyl or cyclic N) is 1. The third-order valence-electron chi connectivity index (χ3n) is 4.28. The Morgan fingerprint density at radius 3 is 2.77 bits per heavy atom. The number of methoxy groups -OCH3 is 1. The van der Waals surface area contributed by atoms with E-state index in [4.69, 9.17) is 4.74 Å². The van der Waals surface area contributed by atoms with Crippen molar-refractivity contribution in [3.05, 3.63) is 41.5 Å². The highest BCUT2D eigenvalue weighted by Gasteiger charge is 2.34. The molecule has 120 valence electrons. The summed E-state index contributed by atoms with van der Waals surface area (Å²) in [6, 6.07) is 7.63. The topological polar surface area (TPSA) is 49.8 Å². The third-order valence-corrected chi connectivity index (χ3v) is 4.28. The molecular weight excluding hydrogens is 278 g/mol. The van der Waals surface area contributed by atoms with Crippen molar-refractivity contribution in [2.24, 2.45) is 0 Å². The molecule has 1 aliphatic rings. The Balaban J connectivity index is 2.25. The number of carbonyl (C=O) groups excluding carboxylic acids is 1. The molecule has 4 heteroatoms. The second kappa shape index (κ2) is 7.45. The quantitative estimate of drug-likeness (QED) is 0.851. The Morgan fingerprint density at radius 2 is 2.14 bits per heavy atom. The van der Waals surface area contributed by atoms with Crippen LogP contribution >= 0.6 is 0 Å². The van der Waals surface area contributed by atoms with Gasteiger partial charge in [0.1, 0.15) is 5.75 Å². The number of hydrogen-bond acceptors (Lipinski definition) is 3. The minimum Gasteiger partial charge on any atom is -0.497 e. The molecule has 0 bridgehead atoms. The van der Waals surface area contributed by atoms with E-state index in [-0.39, 0.29) is 11.9 Å². The lowest BCUT2D eigenvalue weighted by atomic mass is 10.0. The van der Waals surface area contributed by atoms with Crippen molar-refractivity contribution >= 4 is 5.91 Å². The predicted octanol–water partition coefficient (Wildman–Crippen LogP) is 3.08. The van der Waals surface area contributed by atoms with Gasteiger partial charge in [-0.1, -0.05) is 31.6 Å². The molecule has 0 spiro atoms. The van der Waals surface area contributed by atoms with Crippen molar-refractivity contribution in [2.75, 3.05) is 13.7 Å². The highest BCUT2D eigenvalue weighted by Crippen LogP contribution is 2.34. The molecule has 2 atom stereocenters. The van der Waals surface area contributed by atoms with Crippen molar-refractivity contribution in [3.8, 4) is 5.75 Å². The van der Waals surface area contributed by atoms with E-state index in [1.807, 2.05) is 24.3 Å². The minimum absolute atomic E-state index is 0.0110. The maximum Gasteiger partial charge on any atom is 0.247 e. The number of hydrogen-bond donors (Lipinski definition) is 1. The summed E-state index contributed by atoms with van der Waals surface area (Å²) in [5.74, 6) is 0.757. The van der Waals surface area contributed by atoms with Crippen LogP contribution in [0.4, 0.5) is 0 Å². The normalized spacial score (nSPS) is 20.8. The van der Waals surface area contributed by atoms with Crippen LogP contribution in [0.2, 0.25) is 0 Å². The standard InChI is InChI=1S/C18H25NO3/c1-4-13(5-2)9-18(21)19-12-15(20)11-17(19)14-7-6-8-16(10-14)22-3/h6-10,15,17,20H,4-5,11-12H2,1-3H3/t15-,17-/m0/s1. The summed E-state index contributed by atoms with van der Waals surface area (Å²) in [7, 11) is 1.63. The van der Waals surface area contributed by atoms with Crippen LogP contribution in [0.25, 0.3) is 0 Å². The van der Waals surface area contributed by atoms with Crippen molar-refractivity contribution in [3.63, 3.8) is 0 Å². The summed E-state index contributed by atoms with van der Waals surface area (Å²) in [5.41, 5.74) is 2.14. The molecular formula is C18H25NO3. The fourth-order valence-corrected chi connectivity index (χ4v) is 2.93. The van der Waals surface area contributed by atoms with Crippen LogP contribution in [-0.2, 0) is 4.79 Å². The summed E-state index contributed by atoms with van der Waals surface area (Å²) < 4.78 is 5.26. The van der Waals surface area contributed by atoms with E-state index in [0.717, 1.165) is 29.7 Å². The molecule has 1 saturated heterocycles. The smallest absolute Gasteiger partial charge is 0.247 e. The van der Waals surface area contributed by atoms with E-state index in [9.17, 15) is 9.90 Å². The first-order valence-corrected chi connectivity index (χ1v) is 7.91. The van der Waals surface area contributed by atoms with Crippen molar-refractivity contribution in [2.45, 2.75) is 45.3 Å². The number of nitrogens with zero attached hydrogens (tertiary/aromatic N) is 1. The van der Waals surface area contributed by atoms with Crippen LogP contribution in [0.3, 0.4) is 0 Å². The first kappa shape index (κ1) is 16.6. The number of ether oxygens (including phenoxy) is 1. The summed E-state index contributed by atoms with van der Waals surface area (Å²) in [5, 5.41) is 10.0. The van der Waals surface area contributed by atoms with Gasteiger partial charge in [-0.15, -0.1) is 0 Å². The Morgan fingerprint density at radius 1 is 1.41 bits per heavy atom. The molecule has 0 radical (unpaired) electrons. The highest BCUT2D eigenvalue weighted by molar-refractivity contribution is 5.89. The molecule has 0 unspecified atom stereocenters. The molecule has 0 saturated carbocycles. The number of carbonyl (C=O) groups is 1. The Hall–Kier alpha value is -1.81. The number of aliphatic hydroxyl groups is 1. The van der Waals surface area contributed by atoms with Gasteiger partial charge >= 0.3 is 0 Å². The van der Waals surface area contributed by atoms with E-state index in [1.54, 1.807) is 18.1 Å². The van der Waals surface area contributed by atoms with Gasteiger partial charge in [0.05, 0.1) is 19.3 Å². The molecule has 1 aromatic carbocycles. The molecule has 1 N–H and O–H groups in total. The van der Waals surface area contributed by atoms with Crippen LogP contribution < -0.4 is 4.74 Å². The average Bonchev–Trinajstić information content (AvgIpc) is 2.94. The molecule has 2 rings (SSSR count). The predicted molar refractivity (Wildman–Crippen MR) is 86.7 cm³/mol. The second-order valence-corrected chi connectivity index (χ2v) is 5.68. The Bertz CT molecular complexity index is 547. The molecule has 4 nitrogen and oxygen atoms in total. The number of aliphatic hydroxyl groups excluding tert-OH is 1. The van der Waals surface area contributed by atoms with Crippen molar-refractivity contribution in [1.82, 2.24) is 4.90 Å². The van der Waals surface area contributed by atoms with E-state index in [2.05, 4.69) is 13.8 Å². The van der Waals surface area contributed by atoms with Gasteiger partial charge in [0.15, 0.2) is 0 Å². The molecule has 0 aromatic heterocycles. The monoisotopic (exact) mass is 303 g/mol. The lowest BCUT2D eigenvalue weighted by molar-refractivity contribution is -0.127. The largest absolute Gasteiger partial charge is 0.497 e. The fraction of sp³-hybridized carbons (Fsp3) is 0.500. The van der Waals surface area contributed by atoms with Gasteiger partial charge in [-0.05, 0) is 37.0 Å². The van der Waals surface area contributed by atoms with E-state index < -0.39 is 6.10 Å². The van der Waals surface area contributed by atoms with Gasteiger partial charge < -0.3 is 14.7 Å². The zero-order valence-corrected chi connectivity index (χ0v) is 13.6. The SMILES string of the molecule is CCC(=CC(=O)N1C[C@@H](O)C[C@H]1c1cccc(OC)c1)CC. The Labute approximate surface area is 132 Å². The van der Waals surface area contributed by atoms with Gasteiger partial charge in [0, 0.05) is 12.6 Å². The van der Waals surface area contributed by atoms with Gasteiger partial charge in [0.2, 0.25) is 5.91 Å². The third kappa shape index (κ3) is 3.69. The number of benzene rings is 1. The van der Waals surface area contributed by atoms with Gasteiger partial charge in [0.25, 0.3) is 0 Å². The zero-order chi connectivity index (χ0) is 16.1. The van der Waals surface area contributed by atoms with Crippen LogP contribution in [0.1, 0.15) is 44.7 Å². The van der Waals surface area contributed by atoms with E-state index in [0.29, 0.717) is 13.0 Å². The van der Waals surface area contributed by atoms with Crippen molar-refractivity contribution < 1.29 is 14.6 Å². The summed E-state index contributed by atoms with van der Waals surface area (Å²) in [6.45, 7) is 4.50. The summed E-state index contributed by atoms with van der Waals surface area (Å²) in [6.07, 6.45) is 3.58. The molecule has 1 aliphatic heterocycles. The van der Waals surface area contributed by atoms with Crippen LogP contribution in [0.5, 0.6) is 5.75 Å². The molecule has 1 amide bonds. The summed E-state index contributed by atoms with van der Waals surface area (Å²) in [4.78, 5) is 14.3. The van der Waals surface area contributed by atoms with Crippen LogP contribution in [-0.4, -0.2) is 35.7 Å². The first-order chi connectivity index (χ1) is 10.6. The molecule has 1 heterocycles. The number of rotatable bonds is 5. The minimum atomic E-state index is -0.472. The summed E-state index contributed by atoms with van der Waals surface area (Å²) >= 11 is 0. The van der Waals surface area contributed by atoms with Crippen LogP contribution in [0, 0.1) is 0 Å². The molecule has 1 fully saturated rings. The highest BCUT2D eigenvalue weighted by atomic mass is 16.5. The zero-order valence-electron chi connectivity index (χ0n) is 13.6. The van der Waals surface area contributed by atoms with Gasteiger partial charge in [-0.2, -0.15) is 0 Å². The van der Waals surface area contributed by atoms with E-state index in [1.165, 1.54) is 0 Å².